The molecule has 5 heteroatoms. The Kier molecular flexibility index (Phi) is 5.87. The van der Waals surface area contributed by atoms with Crippen molar-refractivity contribution >= 4 is 23.2 Å². The van der Waals surface area contributed by atoms with Crippen molar-refractivity contribution in [3.8, 4) is 6.07 Å². The van der Waals surface area contributed by atoms with Crippen LogP contribution in [0.3, 0.4) is 0 Å². The third kappa shape index (κ3) is 4.95. The van der Waals surface area contributed by atoms with Gasteiger partial charge in [0.1, 0.15) is 0 Å². The Morgan fingerprint density at radius 2 is 1.22 bits per heavy atom. The molecule has 2 N–H and O–H groups in total. The Bertz CT molecular complexity index is 843. The van der Waals surface area contributed by atoms with Crippen molar-refractivity contribution in [1.29, 1.82) is 5.26 Å². The molecule has 1 fully saturated rings. The summed E-state index contributed by atoms with van der Waals surface area (Å²) in [6.07, 6.45) is 2.83. The SMILES string of the molecule is Cc1ccc(NC(=O)C2CCC(C(=O)Nc3ccc(C#N)cc3)CC2)cc1. The first-order valence-electron chi connectivity index (χ1n) is 9.23. The molecule has 0 aromatic heterocycles. The topological polar surface area (TPSA) is 82.0 Å². The molecule has 0 heterocycles. The second-order valence-electron chi connectivity index (χ2n) is 7.08. The third-order valence-electron chi connectivity index (χ3n) is 5.07. The van der Waals surface area contributed by atoms with Crippen LogP contribution in [0.5, 0.6) is 0 Å². The minimum Gasteiger partial charge on any atom is -0.326 e. The van der Waals surface area contributed by atoms with Gasteiger partial charge in [-0.1, -0.05) is 17.7 Å². The summed E-state index contributed by atoms with van der Waals surface area (Å²) in [6.45, 7) is 2.01. The van der Waals surface area contributed by atoms with Crippen LogP contribution in [0.4, 0.5) is 11.4 Å². The zero-order chi connectivity index (χ0) is 19.2. The Hall–Kier alpha value is -3.13. The molecule has 2 aromatic rings. The summed E-state index contributed by atoms with van der Waals surface area (Å²) >= 11 is 0. The molecule has 1 aliphatic rings. The van der Waals surface area contributed by atoms with Crippen molar-refractivity contribution in [3.05, 3.63) is 59.7 Å². The van der Waals surface area contributed by atoms with Gasteiger partial charge < -0.3 is 10.6 Å². The lowest BCUT2D eigenvalue weighted by Gasteiger charge is -2.27. The normalized spacial score (nSPS) is 19.0. The number of amides is 2. The van der Waals surface area contributed by atoms with Gasteiger partial charge in [0.05, 0.1) is 11.6 Å². The maximum absolute atomic E-state index is 12.4. The minimum absolute atomic E-state index is 0.0166. The largest absolute Gasteiger partial charge is 0.326 e. The molecule has 0 spiro atoms. The molecule has 0 saturated heterocycles. The lowest BCUT2D eigenvalue weighted by molar-refractivity contribution is -0.125. The van der Waals surface area contributed by atoms with E-state index in [1.54, 1.807) is 24.3 Å². The zero-order valence-electron chi connectivity index (χ0n) is 15.4. The van der Waals surface area contributed by atoms with E-state index in [0.717, 1.165) is 11.3 Å². The molecule has 0 aliphatic heterocycles. The second-order valence-corrected chi connectivity index (χ2v) is 7.08. The van der Waals surface area contributed by atoms with Gasteiger partial charge in [0, 0.05) is 23.2 Å². The summed E-state index contributed by atoms with van der Waals surface area (Å²) in [7, 11) is 0. The molecule has 2 amide bonds. The number of aryl methyl sites for hydroxylation is 1. The molecule has 0 radical (unpaired) electrons. The standard InChI is InChI=1S/C22H23N3O2/c1-15-2-10-19(11-3-15)24-21(26)17-6-8-18(9-7-17)22(27)25-20-12-4-16(14-23)5-13-20/h2-5,10-13,17-18H,6-9H2,1H3,(H,24,26)(H,25,27). The van der Waals surface area contributed by atoms with E-state index in [9.17, 15) is 9.59 Å². The molecule has 27 heavy (non-hydrogen) atoms. The summed E-state index contributed by atoms with van der Waals surface area (Å²) in [4.78, 5) is 24.9. The maximum Gasteiger partial charge on any atom is 0.227 e. The summed E-state index contributed by atoms with van der Waals surface area (Å²) in [5.74, 6) is -0.115. The van der Waals surface area contributed by atoms with E-state index in [1.165, 1.54) is 0 Å². The van der Waals surface area contributed by atoms with Gasteiger partial charge in [0.2, 0.25) is 11.8 Å². The predicted molar refractivity (Wildman–Crippen MR) is 105 cm³/mol. The van der Waals surface area contributed by atoms with Crippen molar-refractivity contribution in [2.24, 2.45) is 11.8 Å². The molecular weight excluding hydrogens is 338 g/mol. The highest BCUT2D eigenvalue weighted by Gasteiger charge is 2.30. The van der Waals surface area contributed by atoms with Crippen LogP contribution in [0.15, 0.2) is 48.5 Å². The van der Waals surface area contributed by atoms with Crippen molar-refractivity contribution < 1.29 is 9.59 Å². The number of nitrogens with zero attached hydrogens (tertiary/aromatic N) is 1. The Labute approximate surface area is 159 Å². The average molecular weight is 361 g/mol. The number of anilines is 2. The molecule has 0 atom stereocenters. The van der Waals surface area contributed by atoms with Gasteiger partial charge in [-0.2, -0.15) is 5.26 Å². The van der Waals surface area contributed by atoms with Crippen molar-refractivity contribution in [2.75, 3.05) is 10.6 Å². The summed E-state index contributed by atoms with van der Waals surface area (Å²) < 4.78 is 0. The van der Waals surface area contributed by atoms with Gasteiger partial charge in [0.25, 0.3) is 0 Å². The Morgan fingerprint density at radius 1 is 0.815 bits per heavy atom. The van der Waals surface area contributed by atoms with E-state index in [2.05, 4.69) is 16.7 Å². The Balaban J connectivity index is 1.48. The highest BCUT2D eigenvalue weighted by molar-refractivity contribution is 5.94. The van der Waals surface area contributed by atoms with Crippen LogP contribution in [-0.2, 0) is 9.59 Å². The fraction of sp³-hybridized carbons (Fsp3) is 0.318. The fourth-order valence-electron chi connectivity index (χ4n) is 3.37. The quantitative estimate of drug-likeness (QED) is 0.854. The van der Waals surface area contributed by atoms with Crippen molar-refractivity contribution in [1.82, 2.24) is 0 Å². The number of carbonyl (C=O) groups is 2. The van der Waals surface area contributed by atoms with Gasteiger partial charge >= 0.3 is 0 Å². The molecule has 1 aliphatic carbocycles. The van der Waals surface area contributed by atoms with E-state index >= 15 is 0 Å². The fourth-order valence-corrected chi connectivity index (χ4v) is 3.37. The molecule has 0 bridgehead atoms. The molecule has 5 nitrogen and oxygen atoms in total. The number of rotatable bonds is 4. The number of hydrogen-bond donors (Lipinski definition) is 2. The van der Waals surface area contributed by atoms with Crippen LogP contribution in [0.1, 0.15) is 36.8 Å². The van der Waals surface area contributed by atoms with Crippen LogP contribution in [0.2, 0.25) is 0 Å². The first-order valence-corrected chi connectivity index (χ1v) is 9.23. The first kappa shape index (κ1) is 18.7. The van der Waals surface area contributed by atoms with E-state index in [1.807, 2.05) is 31.2 Å². The number of nitrogens with one attached hydrogen (secondary N) is 2. The number of carbonyl (C=O) groups excluding carboxylic acids is 2. The molecule has 0 unspecified atom stereocenters. The lowest BCUT2D eigenvalue weighted by atomic mass is 9.81. The van der Waals surface area contributed by atoms with E-state index < -0.39 is 0 Å². The number of hydrogen-bond acceptors (Lipinski definition) is 3. The molecule has 138 valence electrons. The molecule has 2 aromatic carbocycles. The van der Waals surface area contributed by atoms with Gasteiger partial charge in [-0.15, -0.1) is 0 Å². The highest BCUT2D eigenvalue weighted by atomic mass is 16.2. The first-order chi connectivity index (χ1) is 13.0. The number of benzene rings is 2. The van der Waals surface area contributed by atoms with Gasteiger partial charge in [-0.05, 0) is 69.0 Å². The van der Waals surface area contributed by atoms with Gasteiger partial charge in [-0.25, -0.2) is 0 Å². The van der Waals surface area contributed by atoms with E-state index in [-0.39, 0.29) is 23.7 Å². The van der Waals surface area contributed by atoms with E-state index in [4.69, 9.17) is 5.26 Å². The van der Waals surface area contributed by atoms with Crippen molar-refractivity contribution in [3.63, 3.8) is 0 Å². The van der Waals surface area contributed by atoms with Crippen LogP contribution >= 0.6 is 0 Å². The third-order valence-corrected chi connectivity index (χ3v) is 5.07. The lowest BCUT2D eigenvalue weighted by Crippen LogP contribution is -2.32. The smallest absolute Gasteiger partial charge is 0.227 e. The Morgan fingerprint density at radius 3 is 1.63 bits per heavy atom. The molecular formula is C22H23N3O2. The van der Waals surface area contributed by atoms with Gasteiger partial charge in [-0.3, -0.25) is 9.59 Å². The maximum atomic E-state index is 12.4. The second kappa shape index (κ2) is 8.50. The van der Waals surface area contributed by atoms with Crippen LogP contribution in [-0.4, -0.2) is 11.8 Å². The summed E-state index contributed by atoms with van der Waals surface area (Å²) in [6, 6.07) is 16.6. The monoisotopic (exact) mass is 361 g/mol. The number of nitriles is 1. The zero-order valence-corrected chi connectivity index (χ0v) is 15.4. The van der Waals surface area contributed by atoms with Crippen LogP contribution < -0.4 is 10.6 Å². The predicted octanol–water partition coefficient (Wildman–Crippen LogP) is 4.25. The summed E-state index contributed by atoms with van der Waals surface area (Å²) in [5.41, 5.74) is 3.22. The average Bonchev–Trinajstić information content (AvgIpc) is 2.70. The molecule has 1 saturated carbocycles. The highest BCUT2D eigenvalue weighted by Crippen LogP contribution is 2.30. The van der Waals surface area contributed by atoms with Crippen LogP contribution in [0.25, 0.3) is 0 Å². The summed E-state index contributed by atoms with van der Waals surface area (Å²) in [5, 5.41) is 14.7. The molecule has 3 rings (SSSR count). The van der Waals surface area contributed by atoms with E-state index in [0.29, 0.717) is 36.9 Å². The van der Waals surface area contributed by atoms with Gasteiger partial charge in [0.15, 0.2) is 0 Å². The minimum atomic E-state index is -0.0796. The van der Waals surface area contributed by atoms with Crippen LogP contribution in [0, 0.1) is 30.1 Å². The van der Waals surface area contributed by atoms with Crippen molar-refractivity contribution in [2.45, 2.75) is 32.6 Å².